The number of aromatic amines is 1. The molecular weight excluding hydrogens is 399 g/mol. The van der Waals surface area contributed by atoms with Crippen LogP contribution in [0.15, 0.2) is 42.7 Å². The number of hydrogen-bond acceptors (Lipinski definition) is 5. The zero-order valence-corrected chi connectivity index (χ0v) is 15.7. The summed E-state index contributed by atoms with van der Waals surface area (Å²) in [5, 5.41) is 10.8. The molecule has 0 aliphatic carbocycles. The number of aromatic nitrogens is 4. The van der Waals surface area contributed by atoms with Crippen LogP contribution in [0.3, 0.4) is 0 Å². The highest BCUT2D eigenvalue weighted by Crippen LogP contribution is 2.34. The predicted molar refractivity (Wildman–Crippen MR) is 104 cm³/mol. The Morgan fingerprint density at radius 1 is 1.20 bits per heavy atom. The Bertz CT molecular complexity index is 1200. The van der Waals surface area contributed by atoms with E-state index in [1.54, 1.807) is 18.3 Å². The summed E-state index contributed by atoms with van der Waals surface area (Å²) in [5.74, 6) is 0.328. The third kappa shape index (κ3) is 3.22. The lowest BCUT2D eigenvalue weighted by molar-refractivity contribution is -0.274. The van der Waals surface area contributed by atoms with E-state index in [1.807, 2.05) is 12.3 Å². The van der Waals surface area contributed by atoms with Gasteiger partial charge in [0.15, 0.2) is 0 Å². The molecule has 7 nitrogen and oxygen atoms in total. The van der Waals surface area contributed by atoms with Crippen molar-refractivity contribution in [3.05, 3.63) is 48.5 Å². The van der Waals surface area contributed by atoms with Gasteiger partial charge in [-0.15, -0.1) is 13.2 Å². The second-order valence-corrected chi connectivity index (χ2v) is 7.22. The minimum absolute atomic E-state index is 0.0590. The summed E-state index contributed by atoms with van der Waals surface area (Å²) in [7, 11) is 0. The second-order valence-electron chi connectivity index (χ2n) is 7.22. The van der Waals surface area contributed by atoms with E-state index in [-0.39, 0.29) is 18.4 Å². The molecule has 0 amide bonds. The molecule has 10 heteroatoms. The standard InChI is InChI=1S/C20H18F3N5O2/c21-20(22,23)30-14-3-1-12(2-4-14)27-8-6-13(10-27)28-17(11-29)26-16-9-25-19-15(18(16)28)5-7-24-19/h1-5,7,9,13,29H,6,8,10-11H2,(H,24,25). The van der Waals surface area contributed by atoms with Crippen LogP contribution in [0.25, 0.3) is 22.1 Å². The molecule has 1 atom stereocenters. The molecule has 1 fully saturated rings. The van der Waals surface area contributed by atoms with E-state index in [9.17, 15) is 18.3 Å². The Balaban J connectivity index is 1.45. The average Bonchev–Trinajstić information content (AvgIpc) is 3.43. The molecule has 30 heavy (non-hydrogen) atoms. The monoisotopic (exact) mass is 417 g/mol. The molecule has 5 rings (SSSR count). The fourth-order valence-electron chi connectivity index (χ4n) is 4.19. The third-order valence-corrected chi connectivity index (χ3v) is 5.41. The van der Waals surface area contributed by atoms with Gasteiger partial charge in [-0.05, 0) is 36.8 Å². The summed E-state index contributed by atoms with van der Waals surface area (Å²) < 4.78 is 43.1. The maximum atomic E-state index is 12.4. The molecule has 1 aromatic carbocycles. The Labute approximate surface area is 168 Å². The fourth-order valence-corrected chi connectivity index (χ4v) is 4.19. The third-order valence-electron chi connectivity index (χ3n) is 5.41. The first-order chi connectivity index (χ1) is 14.4. The highest BCUT2D eigenvalue weighted by Gasteiger charge is 2.32. The molecule has 0 bridgehead atoms. The quantitative estimate of drug-likeness (QED) is 0.529. The lowest BCUT2D eigenvalue weighted by Gasteiger charge is -2.21. The van der Waals surface area contributed by atoms with E-state index >= 15 is 0 Å². The van der Waals surface area contributed by atoms with Crippen molar-refractivity contribution in [2.75, 3.05) is 18.0 Å². The molecule has 0 saturated carbocycles. The van der Waals surface area contributed by atoms with Crippen LogP contribution in [0.4, 0.5) is 18.9 Å². The number of ether oxygens (including phenoxy) is 1. The number of alkyl halides is 3. The van der Waals surface area contributed by atoms with Gasteiger partial charge in [-0.1, -0.05) is 0 Å². The molecule has 2 N–H and O–H groups in total. The second kappa shape index (κ2) is 6.91. The molecule has 156 valence electrons. The number of rotatable bonds is 4. The van der Waals surface area contributed by atoms with Crippen LogP contribution in [0.5, 0.6) is 5.75 Å². The minimum Gasteiger partial charge on any atom is -0.406 e. The summed E-state index contributed by atoms with van der Waals surface area (Å²) in [4.78, 5) is 14.1. The predicted octanol–water partition coefficient (Wildman–Crippen LogP) is 3.75. The van der Waals surface area contributed by atoms with Crippen LogP contribution in [0, 0.1) is 0 Å². The summed E-state index contributed by atoms with van der Waals surface area (Å²) in [6, 6.07) is 7.88. The van der Waals surface area contributed by atoms with E-state index < -0.39 is 6.36 Å². The van der Waals surface area contributed by atoms with Crippen molar-refractivity contribution in [1.29, 1.82) is 0 Å². The number of aliphatic hydroxyl groups excluding tert-OH is 1. The Kier molecular flexibility index (Phi) is 4.31. The number of hydrogen-bond donors (Lipinski definition) is 2. The minimum atomic E-state index is -4.71. The van der Waals surface area contributed by atoms with Gasteiger partial charge in [-0.2, -0.15) is 0 Å². The van der Waals surface area contributed by atoms with Gasteiger partial charge >= 0.3 is 6.36 Å². The Morgan fingerprint density at radius 3 is 2.73 bits per heavy atom. The number of aliphatic hydroxyl groups is 1. The van der Waals surface area contributed by atoms with Crippen molar-refractivity contribution in [1.82, 2.24) is 19.5 Å². The summed E-state index contributed by atoms with van der Waals surface area (Å²) in [6.45, 7) is 1.18. The molecule has 1 unspecified atom stereocenters. The zero-order chi connectivity index (χ0) is 20.9. The molecule has 1 aliphatic rings. The van der Waals surface area contributed by atoms with E-state index in [2.05, 4.69) is 29.2 Å². The normalized spacial score (nSPS) is 17.3. The van der Waals surface area contributed by atoms with Gasteiger partial charge < -0.3 is 24.3 Å². The Hall–Kier alpha value is -3.27. The number of nitrogens with zero attached hydrogens (tertiary/aromatic N) is 4. The molecule has 0 spiro atoms. The van der Waals surface area contributed by atoms with Crippen molar-refractivity contribution in [2.24, 2.45) is 0 Å². The Morgan fingerprint density at radius 2 is 2.00 bits per heavy atom. The summed E-state index contributed by atoms with van der Waals surface area (Å²) in [6.07, 6.45) is -0.385. The van der Waals surface area contributed by atoms with Crippen molar-refractivity contribution in [2.45, 2.75) is 25.4 Å². The lowest BCUT2D eigenvalue weighted by atomic mass is 10.2. The molecule has 4 heterocycles. The van der Waals surface area contributed by atoms with Gasteiger partial charge in [-0.3, -0.25) is 0 Å². The van der Waals surface area contributed by atoms with Gasteiger partial charge in [0, 0.05) is 30.4 Å². The fraction of sp³-hybridized carbons (Fsp3) is 0.300. The zero-order valence-electron chi connectivity index (χ0n) is 15.7. The summed E-state index contributed by atoms with van der Waals surface area (Å²) >= 11 is 0. The lowest BCUT2D eigenvalue weighted by Crippen LogP contribution is -2.22. The van der Waals surface area contributed by atoms with E-state index in [1.165, 1.54) is 12.1 Å². The van der Waals surface area contributed by atoms with Crippen LogP contribution in [0.1, 0.15) is 18.3 Å². The van der Waals surface area contributed by atoms with Crippen molar-refractivity contribution in [3.63, 3.8) is 0 Å². The van der Waals surface area contributed by atoms with Crippen LogP contribution >= 0.6 is 0 Å². The number of pyridine rings is 1. The maximum absolute atomic E-state index is 12.4. The number of fused-ring (bicyclic) bond motifs is 3. The highest BCUT2D eigenvalue weighted by atomic mass is 19.4. The highest BCUT2D eigenvalue weighted by molar-refractivity contribution is 6.01. The SMILES string of the molecule is OCc1nc2cnc3[nH]ccc3c2n1C1CCN(c2ccc(OC(F)(F)F)cc2)C1. The van der Waals surface area contributed by atoms with Gasteiger partial charge in [-0.25, -0.2) is 9.97 Å². The van der Waals surface area contributed by atoms with Crippen LogP contribution in [-0.2, 0) is 6.61 Å². The molecule has 3 aromatic heterocycles. The van der Waals surface area contributed by atoms with Crippen LogP contribution in [-0.4, -0.2) is 44.1 Å². The number of anilines is 1. The number of nitrogens with one attached hydrogen (secondary N) is 1. The first kappa shape index (κ1) is 18.7. The van der Waals surface area contributed by atoms with Crippen molar-refractivity contribution >= 4 is 27.8 Å². The number of benzene rings is 1. The van der Waals surface area contributed by atoms with Crippen LogP contribution in [0.2, 0.25) is 0 Å². The smallest absolute Gasteiger partial charge is 0.406 e. The topological polar surface area (TPSA) is 79.2 Å². The number of imidazole rings is 1. The summed E-state index contributed by atoms with van der Waals surface area (Å²) in [5.41, 5.74) is 3.21. The molecule has 1 saturated heterocycles. The maximum Gasteiger partial charge on any atom is 0.573 e. The van der Waals surface area contributed by atoms with E-state index in [0.717, 1.165) is 40.7 Å². The van der Waals surface area contributed by atoms with Crippen molar-refractivity contribution < 1.29 is 23.0 Å². The van der Waals surface area contributed by atoms with Gasteiger partial charge in [0.2, 0.25) is 0 Å². The van der Waals surface area contributed by atoms with Gasteiger partial charge in [0.25, 0.3) is 0 Å². The number of halogens is 3. The molecule has 1 aliphatic heterocycles. The van der Waals surface area contributed by atoms with E-state index in [4.69, 9.17) is 0 Å². The largest absolute Gasteiger partial charge is 0.573 e. The first-order valence-corrected chi connectivity index (χ1v) is 9.47. The van der Waals surface area contributed by atoms with Gasteiger partial charge in [0.1, 0.15) is 29.3 Å². The van der Waals surface area contributed by atoms with E-state index in [0.29, 0.717) is 12.4 Å². The van der Waals surface area contributed by atoms with Gasteiger partial charge in [0.05, 0.1) is 17.8 Å². The van der Waals surface area contributed by atoms with Crippen LogP contribution < -0.4 is 9.64 Å². The molecule has 4 aromatic rings. The average molecular weight is 417 g/mol. The molecule has 0 radical (unpaired) electrons. The first-order valence-electron chi connectivity index (χ1n) is 9.47. The number of H-pyrrole nitrogens is 1. The molecular formula is C20H18F3N5O2. The van der Waals surface area contributed by atoms with Crippen molar-refractivity contribution in [3.8, 4) is 5.75 Å².